The Kier molecular flexibility index (Phi) is 4.43. The normalized spacial score (nSPS) is 16.1. The molecular formula is C20H21N3O4. The van der Waals surface area contributed by atoms with Crippen molar-refractivity contribution >= 4 is 28.6 Å². The third-order valence-electron chi connectivity index (χ3n) is 4.90. The number of aromatic amines is 1. The summed E-state index contributed by atoms with van der Waals surface area (Å²) in [7, 11) is 0. The van der Waals surface area contributed by atoms with Gasteiger partial charge in [-0.05, 0) is 55.9 Å². The number of aryl methyl sites for hydroxylation is 2. The minimum Gasteiger partial charge on any atom is -0.452 e. The number of nitrogens with one attached hydrogen (secondary N) is 2. The summed E-state index contributed by atoms with van der Waals surface area (Å²) >= 11 is 0. The van der Waals surface area contributed by atoms with Gasteiger partial charge in [-0.3, -0.25) is 4.79 Å². The van der Waals surface area contributed by atoms with Gasteiger partial charge in [0.1, 0.15) is 5.76 Å². The van der Waals surface area contributed by atoms with E-state index in [2.05, 4.69) is 22.4 Å². The fourth-order valence-electron chi connectivity index (χ4n) is 3.54. The lowest BCUT2D eigenvalue weighted by atomic mass is 9.87. The highest BCUT2D eigenvalue weighted by atomic mass is 16.5. The first kappa shape index (κ1) is 17.3. The van der Waals surface area contributed by atoms with Crippen LogP contribution in [-0.4, -0.2) is 28.6 Å². The average Bonchev–Trinajstić information content (AvgIpc) is 3.22. The van der Waals surface area contributed by atoms with E-state index >= 15 is 0 Å². The van der Waals surface area contributed by atoms with E-state index in [-0.39, 0.29) is 6.61 Å². The number of ether oxygens (including phenoxy) is 1. The molecule has 2 aromatic heterocycles. The Labute approximate surface area is 156 Å². The molecule has 0 unspecified atom stereocenters. The number of H-pyrrole nitrogens is 1. The van der Waals surface area contributed by atoms with Gasteiger partial charge >= 0.3 is 5.97 Å². The number of esters is 1. The molecule has 0 spiro atoms. The highest BCUT2D eigenvalue weighted by Gasteiger charge is 2.21. The second kappa shape index (κ2) is 6.90. The zero-order chi connectivity index (χ0) is 19.0. The van der Waals surface area contributed by atoms with Gasteiger partial charge in [0, 0.05) is 22.7 Å². The first-order valence-electron chi connectivity index (χ1n) is 9.03. The second-order valence-corrected chi connectivity index (χ2v) is 7.14. The number of benzene rings is 1. The van der Waals surface area contributed by atoms with Crippen molar-refractivity contribution in [1.29, 1.82) is 0 Å². The highest BCUT2D eigenvalue weighted by Crippen LogP contribution is 2.32. The lowest BCUT2D eigenvalue weighted by Gasteiger charge is -2.18. The number of hydrogen-bond donors (Lipinski definition) is 2. The van der Waals surface area contributed by atoms with E-state index in [0.717, 1.165) is 23.7 Å². The Balaban J connectivity index is 1.44. The molecule has 27 heavy (non-hydrogen) atoms. The molecule has 140 valence electrons. The Morgan fingerprint density at radius 2 is 2.22 bits per heavy atom. The van der Waals surface area contributed by atoms with Crippen LogP contribution in [0.25, 0.3) is 10.9 Å². The highest BCUT2D eigenvalue weighted by molar-refractivity contribution is 5.98. The van der Waals surface area contributed by atoms with Crippen molar-refractivity contribution in [2.24, 2.45) is 5.92 Å². The molecule has 7 nitrogen and oxygen atoms in total. The summed E-state index contributed by atoms with van der Waals surface area (Å²) in [4.78, 5) is 27.7. The number of nitrogens with zero attached hydrogens (tertiary/aromatic N) is 1. The van der Waals surface area contributed by atoms with Crippen LogP contribution >= 0.6 is 0 Å². The van der Waals surface area contributed by atoms with E-state index in [1.54, 1.807) is 19.1 Å². The smallest absolute Gasteiger partial charge is 0.338 e. The fourth-order valence-corrected chi connectivity index (χ4v) is 3.54. The summed E-state index contributed by atoms with van der Waals surface area (Å²) in [6, 6.07) is 7.05. The van der Waals surface area contributed by atoms with E-state index in [1.165, 1.54) is 17.7 Å². The number of anilines is 1. The summed E-state index contributed by atoms with van der Waals surface area (Å²) < 4.78 is 10.0. The van der Waals surface area contributed by atoms with Crippen molar-refractivity contribution in [2.75, 3.05) is 11.9 Å². The molecule has 0 radical (unpaired) electrons. The maximum absolute atomic E-state index is 12.4. The Morgan fingerprint density at radius 3 is 3.00 bits per heavy atom. The fraction of sp³-hybridized carbons (Fsp3) is 0.350. The van der Waals surface area contributed by atoms with Crippen molar-refractivity contribution in [3.05, 3.63) is 46.8 Å². The molecule has 0 fully saturated rings. The number of amides is 1. The summed E-state index contributed by atoms with van der Waals surface area (Å²) in [5.74, 6) is 0.520. The van der Waals surface area contributed by atoms with Gasteiger partial charge in [-0.1, -0.05) is 12.1 Å². The largest absolute Gasteiger partial charge is 0.452 e. The van der Waals surface area contributed by atoms with Crippen LogP contribution in [0.1, 0.15) is 40.7 Å². The van der Waals surface area contributed by atoms with Crippen LogP contribution in [0, 0.1) is 12.8 Å². The molecule has 3 aromatic rings. The topological polar surface area (TPSA) is 97.2 Å². The minimum atomic E-state index is -0.526. The Bertz CT molecular complexity index is 1020. The molecule has 4 rings (SSSR count). The van der Waals surface area contributed by atoms with Crippen LogP contribution in [0.15, 0.2) is 28.8 Å². The third kappa shape index (κ3) is 3.58. The lowest BCUT2D eigenvalue weighted by Crippen LogP contribution is -2.21. The molecular weight excluding hydrogens is 346 g/mol. The summed E-state index contributed by atoms with van der Waals surface area (Å²) in [6.45, 7) is 3.58. The summed E-state index contributed by atoms with van der Waals surface area (Å²) in [5, 5.41) is 7.24. The maximum Gasteiger partial charge on any atom is 0.338 e. The Morgan fingerprint density at radius 1 is 1.37 bits per heavy atom. The predicted octanol–water partition coefficient (Wildman–Crippen LogP) is 3.38. The molecule has 1 aliphatic rings. The summed E-state index contributed by atoms with van der Waals surface area (Å²) in [6.07, 6.45) is 3.22. The van der Waals surface area contributed by atoms with Crippen LogP contribution in [-0.2, 0) is 22.4 Å². The van der Waals surface area contributed by atoms with Crippen molar-refractivity contribution in [3.8, 4) is 0 Å². The first-order valence-corrected chi connectivity index (χ1v) is 9.03. The quantitative estimate of drug-likeness (QED) is 0.689. The van der Waals surface area contributed by atoms with Crippen LogP contribution < -0.4 is 5.32 Å². The van der Waals surface area contributed by atoms with Gasteiger partial charge in [-0.25, -0.2) is 4.79 Å². The molecule has 7 heteroatoms. The number of fused-ring (bicyclic) bond motifs is 3. The van der Waals surface area contributed by atoms with E-state index < -0.39 is 11.9 Å². The Hall–Kier alpha value is -3.09. The summed E-state index contributed by atoms with van der Waals surface area (Å²) in [5.41, 5.74) is 4.02. The van der Waals surface area contributed by atoms with Crippen molar-refractivity contribution in [2.45, 2.75) is 33.1 Å². The average molecular weight is 367 g/mol. The number of hydrogen-bond acceptors (Lipinski definition) is 5. The predicted molar refractivity (Wildman–Crippen MR) is 99.6 cm³/mol. The molecule has 1 atom stereocenters. The second-order valence-electron chi connectivity index (χ2n) is 7.14. The molecule has 0 bridgehead atoms. The number of carbonyl (C=O) groups excluding carboxylic acids is 2. The molecule has 0 saturated heterocycles. The first-order chi connectivity index (χ1) is 13.0. The zero-order valence-electron chi connectivity index (χ0n) is 15.3. The molecule has 2 N–H and O–H groups in total. The van der Waals surface area contributed by atoms with Crippen molar-refractivity contribution < 1.29 is 18.8 Å². The van der Waals surface area contributed by atoms with E-state index in [0.29, 0.717) is 23.1 Å². The number of aromatic nitrogens is 2. The van der Waals surface area contributed by atoms with Gasteiger partial charge < -0.3 is 19.6 Å². The zero-order valence-corrected chi connectivity index (χ0v) is 15.3. The standard InChI is InChI=1S/C20H21N3O4/c1-11-3-5-16-14(7-11)15-9-13(4-6-17(15)21-16)20(25)26-10-19(24)22-18-8-12(2)27-23-18/h4,6,8-9,11,21H,3,5,7,10H2,1-2H3,(H,22,23,24)/t11-/m0/s1. The van der Waals surface area contributed by atoms with Crippen molar-refractivity contribution in [3.63, 3.8) is 0 Å². The van der Waals surface area contributed by atoms with Crippen LogP contribution in [0.4, 0.5) is 5.82 Å². The van der Waals surface area contributed by atoms with Crippen LogP contribution in [0.2, 0.25) is 0 Å². The monoisotopic (exact) mass is 367 g/mol. The van der Waals surface area contributed by atoms with Gasteiger partial charge in [-0.2, -0.15) is 0 Å². The van der Waals surface area contributed by atoms with Gasteiger partial charge in [-0.15, -0.1) is 0 Å². The SMILES string of the molecule is Cc1cc(NC(=O)COC(=O)c2ccc3[nH]c4c(c3c2)C[C@@H](C)CC4)no1. The van der Waals surface area contributed by atoms with Gasteiger partial charge in [0.25, 0.3) is 5.91 Å². The molecule has 0 aliphatic heterocycles. The molecule has 1 aliphatic carbocycles. The molecule has 1 amide bonds. The van der Waals surface area contributed by atoms with E-state index in [4.69, 9.17) is 9.26 Å². The molecule has 2 heterocycles. The molecule has 1 aromatic carbocycles. The number of carbonyl (C=O) groups is 2. The van der Waals surface area contributed by atoms with Gasteiger partial charge in [0.05, 0.1) is 5.56 Å². The van der Waals surface area contributed by atoms with Gasteiger partial charge in [0.15, 0.2) is 12.4 Å². The van der Waals surface area contributed by atoms with Crippen LogP contribution in [0.5, 0.6) is 0 Å². The van der Waals surface area contributed by atoms with Crippen molar-refractivity contribution in [1.82, 2.24) is 10.1 Å². The number of rotatable bonds is 4. The minimum absolute atomic E-state index is 0.294. The maximum atomic E-state index is 12.4. The van der Waals surface area contributed by atoms with E-state index in [1.807, 2.05) is 12.1 Å². The van der Waals surface area contributed by atoms with Crippen LogP contribution in [0.3, 0.4) is 0 Å². The van der Waals surface area contributed by atoms with Gasteiger partial charge in [0.2, 0.25) is 0 Å². The third-order valence-corrected chi connectivity index (χ3v) is 4.90. The van der Waals surface area contributed by atoms with E-state index in [9.17, 15) is 9.59 Å². The molecule has 0 saturated carbocycles. The lowest BCUT2D eigenvalue weighted by molar-refractivity contribution is -0.119.